The van der Waals surface area contributed by atoms with E-state index < -0.39 is 5.97 Å². The number of halogens is 1. The standard InChI is InChI=1S/C21H16ClN7O3/c1-29-10-13(8-25-29)12-5-14-15(9-24-18(14)23-7-12)19-27-28-21(32-19)26-17-4-3-11(6-16(17)22)20(30)31-2/h3-10H,1-2H3,(H,23,24)(H,26,28). The van der Waals surface area contributed by atoms with Gasteiger partial charge in [-0.25, -0.2) is 9.78 Å². The number of aryl methyl sites for hydroxylation is 1. The predicted octanol–water partition coefficient (Wildman–Crippen LogP) is 4.20. The van der Waals surface area contributed by atoms with E-state index in [-0.39, 0.29) is 6.01 Å². The van der Waals surface area contributed by atoms with Gasteiger partial charge in [0.2, 0.25) is 0 Å². The van der Waals surface area contributed by atoms with Gasteiger partial charge in [-0.1, -0.05) is 16.7 Å². The van der Waals surface area contributed by atoms with E-state index >= 15 is 0 Å². The fourth-order valence-electron chi connectivity index (χ4n) is 3.27. The zero-order chi connectivity index (χ0) is 22.2. The van der Waals surface area contributed by atoms with Gasteiger partial charge in [0.15, 0.2) is 0 Å². The molecule has 0 spiro atoms. The van der Waals surface area contributed by atoms with Crippen LogP contribution >= 0.6 is 11.6 Å². The minimum atomic E-state index is -0.475. The van der Waals surface area contributed by atoms with Gasteiger partial charge in [-0.2, -0.15) is 5.10 Å². The smallest absolute Gasteiger partial charge is 0.337 e. The Hall–Kier alpha value is -4.18. The molecule has 5 rings (SSSR count). The van der Waals surface area contributed by atoms with Crippen LogP contribution < -0.4 is 5.32 Å². The lowest BCUT2D eigenvalue weighted by Gasteiger charge is -2.06. The average molecular weight is 450 g/mol. The number of esters is 1. The first-order valence-electron chi connectivity index (χ1n) is 9.47. The predicted molar refractivity (Wildman–Crippen MR) is 118 cm³/mol. The van der Waals surface area contributed by atoms with E-state index in [0.717, 1.165) is 16.5 Å². The van der Waals surface area contributed by atoms with E-state index in [4.69, 9.17) is 20.8 Å². The van der Waals surface area contributed by atoms with Crippen LogP contribution in [0.25, 0.3) is 33.6 Å². The Morgan fingerprint density at radius 2 is 2.09 bits per heavy atom. The molecule has 0 aliphatic rings. The molecule has 0 aliphatic heterocycles. The molecule has 32 heavy (non-hydrogen) atoms. The Balaban J connectivity index is 1.44. The van der Waals surface area contributed by atoms with Gasteiger partial charge in [-0.3, -0.25) is 4.68 Å². The minimum Gasteiger partial charge on any atom is -0.465 e. The summed E-state index contributed by atoms with van der Waals surface area (Å²) in [5.74, 6) is -0.164. The van der Waals surface area contributed by atoms with Crippen LogP contribution in [0, 0.1) is 0 Å². The molecule has 0 radical (unpaired) electrons. The van der Waals surface area contributed by atoms with Crippen molar-refractivity contribution >= 4 is 40.3 Å². The van der Waals surface area contributed by atoms with E-state index in [1.165, 1.54) is 13.2 Å². The number of anilines is 2. The molecule has 4 aromatic heterocycles. The SMILES string of the molecule is COC(=O)c1ccc(Nc2nnc(-c3c[nH]c4ncc(-c5cnn(C)c5)cc34)o2)c(Cl)c1. The van der Waals surface area contributed by atoms with Gasteiger partial charge in [-0.05, 0) is 24.3 Å². The highest BCUT2D eigenvalue weighted by Crippen LogP contribution is 2.32. The lowest BCUT2D eigenvalue weighted by molar-refractivity contribution is 0.0601. The second kappa shape index (κ2) is 7.82. The molecule has 1 aromatic carbocycles. The fourth-order valence-corrected chi connectivity index (χ4v) is 3.50. The number of rotatable bonds is 5. The molecule has 160 valence electrons. The number of methoxy groups -OCH3 is 1. The first kappa shape index (κ1) is 19.8. The topological polar surface area (TPSA) is 124 Å². The number of fused-ring (bicyclic) bond motifs is 1. The molecule has 0 saturated heterocycles. The van der Waals surface area contributed by atoms with Crippen LogP contribution in [0.3, 0.4) is 0 Å². The summed E-state index contributed by atoms with van der Waals surface area (Å²) in [6, 6.07) is 6.86. The number of hydrogen-bond donors (Lipinski definition) is 2. The molecule has 5 aromatic rings. The van der Waals surface area contributed by atoms with Crippen molar-refractivity contribution in [1.82, 2.24) is 29.9 Å². The van der Waals surface area contributed by atoms with Crippen molar-refractivity contribution < 1.29 is 13.9 Å². The lowest BCUT2D eigenvalue weighted by Crippen LogP contribution is -2.01. The molecule has 0 fully saturated rings. The Morgan fingerprint density at radius 3 is 2.84 bits per heavy atom. The van der Waals surface area contributed by atoms with Gasteiger partial charge in [-0.15, -0.1) is 5.10 Å². The molecular formula is C21H16ClN7O3. The van der Waals surface area contributed by atoms with Gasteiger partial charge in [0.05, 0.1) is 35.1 Å². The highest BCUT2D eigenvalue weighted by molar-refractivity contribution is 6.33. The van der Waals surface area contributed by atoms with Crippen molar-refractivity contribution in [3.63, 3.8) is 0 Å². The number of benzene rings is 1. The second-order valence-electron chi connectivity index (χ2n) is 6.95. The van der Waals surface area contributed by atoms with Crippen LogP contribution in [0.2, 0.25) is 5.02 Å². The first-order valence-corrected chi connectivity index (χ1v) is 9.84. The summed E-state index contributed by atoms with van der Waals surface area (Å²) in [5, 5.41) is 16.5. The summed E-state index contributed by atoms with van der Waals surface area (Å²) in [6.45, 7) is 0. The van der Waals surface area contributed by atoms with Gasteiger partial charge < -0.3 is 19.5 Å². The molecule has 0 saturated carbocycles. The zero-order valence-corrected chi connectivity index (χ0v) is 17.7. The van der Waals surface area contributed by atoms with Crippen LogP contribution in [0.5, 0.6) is 0 Å². The largest absolute Gasteiger partial charge is 0.465 e. The van der Waals surface area contributed by atoms with Crippen molar-refractivity contribution in [2.24, 2.45) is 7.05 Å². The van der Waals surface area contributed by atoms with Crippen molar-refractivity contribution in [1.29, 1.82) is 0 Å². The number of carbonyl (C=O) groups excluding carboxylic acids is 1. The summed E-state index contributed by atoms with van der Waals surface area (Å²) in [7, 11) is 3.17. The van der Waals surface area contributed by atoms with E-state index in [9.17, 15) is 4.79 Å². The average Bonchev–Trinajstić information content (AvgIpc) is 3.53. The normalized spacial score (nSPS) is 11.1. The number of nitrogens with one attached hydrogen (secondary N) is 2. The molecule has 11 heteroatoms. The van der Waals surface area contributed by atoms with Crippen LogP contribution in [-0.4, -0.2) is 43.0 Å². The maximum Gasteiger partial charge on any atom is 0.337 e. The van der Waals surface area contributed by atoms with Crippen molar-refractivity contribution in [2.75, 3.05) is 12.4 Å². The van der Waals surface area contributed by atoms with Gasteiger partial charge >= 0.3 is 12.0 Å². The number of carbonyl (C=O) groups is 1. The third-order valence-electron chi connectivity index (χ3n) is 4.86. The third-order valence-corrected chi connectivity index (χ3v) is 5.17. The second-order valence-corrected chi connectivity index (χ2v) is 7.36. The monoisotopic (exact) mass is 449 g/mol. The van der Waals surface area contributed by atoms with Crippen molar-refractivity contribution in [3.8, 4) is 22.6 Å². The molecule has 0 aliphatic carbocycles. The maximum atomic E-state index is 11.6. The maximum absolute atomic E-state index is 11.6. The van der Waals surface area contributed by atoms with E-state index in [1.807, 2.05) is 19.3 Å². The van der Waals surface area contributed by atoms with E-state index in [0.29, 0.717) is 33.4 Å². The lowest BCUT2D eigenvalue weighted by atomic mass is 10.1. The number of ether oxygens (including phenoxy) is 1. The Morgan fingerprint density at radius 1 is 1.22 bits per heavy atom. The summed E-state index contributed by atoms with van der Waals surface area (Å²) in [4.78, 5) is 19.2. The summed E-state index contributed by atoms with van der Waals surface area (Å²) in [6.07, 6.45) is 7.23. The van der Waals surface area contributed by atoms with Crippen LogP contribution in [0.15, 0.2) is 53.5 Å². The molecule has 10 nitrogen and oxygen atoms in total. The molecule has 0 atom stereocenters. The van der Waals surface area contributed by atoms with Gasteiger partial charge in [0.25, 0.3) is 5.89 Å². The molecule has 0 amide bonds. The third kappa shape index (κ3) is 3.56. The molecule has 0 unspecified atom stereocenters. The molecule has 4 heterocycles. The van der Waals surface area contributed by atoms with E-state index in [2.05, 4.69) is 30.6 Å². The Labute approximate surface area is 186 Å². The van der Waals surface area contributed by atoms with Crippen molar-refractivity contribution in [2.45, 2.75) is 0 Å². The number of nitrogens with zero attached hydrogens (tertiary/aromatic N) is 5. The molecule has 2 N–H and O–H groups in total. The number of aromatic nitrogens is 6. The van der Waals surface area contributed by atoms with E-state index in [1.54, 1.807) is 35.4 Å². The fraction of sp³-hybridized carbons (Fsp3) is 0.0952. The molecular weight excluding hydrogens is 434 g/mol. The van der Waals surface area contributed by atoms with Crippen LogP contribution in [-0.2, 0) is 11.8 Å². The Bertz CT molecular complexity index is 1450. The summed E-state index contributed by atoms with van der Waals surface area (Å²) >= 11 is 6.26. The highest BCUT2D eigenvalue weighted by Gasteiger charge is 2.16. The van der Waals surface area contributed by atoms with Crippen LogP contribution in [0.1, 0.15) is 10.4 Å². The zero-order valence-electron chi connectivity index (χ0n) is 17.0. The summed E-state index contributed by atoms with van der Waals surface area (Å²) in [5.41, 5.74) is 4.13. The van der Waals surface area contributed by atoms with Gasteiger partial charge in [0, 0.05) is 42.2 Å². The number of hydrogen-bond acceptors (Lipinski definition) is 8. The summed E-state index contributed by atoms with van der Waals surface area (Å²) < 4.78 is 12.2. The number of H-pyrrole nitrogens is 1. The first-order chi connectivity index (χ1) is 15.5. The quantitative estimate of drug-likeness (QED) is 0.382. The van der Waals surface area contributed by atoms with Crippen LogP contribution in [0.4, 0.5) is 11.7 Å². The molecule has 0 bridgehead atoms. The van der Waals surface area contributed by atoms with Gasteiger partial charge in [0.1, 0.15) is 5.65 Å². The highest BCUT2D eigenvalue weighted by atomic mass is 35.5. The Kier molecular flexibility index (Phi) is 4.83. The van der Waals surface area contributed by atoms with Crippen molar-refractivity contribution in [3.05, 3.63) is 59.6 Å². The number of pyridine rings is 1. The number of aromatic amines is 1. The minimum absolute atomic E-state index is 0.151.